The lowest BCUT2D eigenvalue weighted by atomic mass is 9.91. The minimum absolute atomic E-state index is 0.468. The van der Waals surface area contributed by atoms with Crippen molar-refractivity contribution >= 4 is 35.0 Å². The predicted octanol–water partition coefficient (Wildman–Crippen LogP) is 3.55. The smallest absolute Gasteiger partial charge is 0.0595 e. The predicted molar refractivity (Wildman–Crippen MR) is 107 cm³/mol. The van der Waals surface area contributed by atoms with Crippen LogP contribution in [-0.4, -0.2) is 66.6 Å². The molecule has 0 spiro atoms. The summed E-state index contributed by atoms with van der Waals surface area (Å²) in [6, 6.07) is 6.79. The summed E-state index contributed by atoms with van der Waals surface area (Å²) in [7, 11) is 0. The number of hydrogen-bond donors (Lipinski definition) is 1. The standard InChI is InChI=1S/C18H27Cl2N3S/c19-17-2-1-15(11-18(17)20)14(3-5-21)4-6-22-12-16(13-22)23-7-9-24-10-8-23/h1-2,11,14,16H,3-10,12-13,21H2/t14-/m0/s1. The lowest BCUT2D eigenvalue weighted by molar-refractivity contribution is 0.0378. The van der Waals surface area contributed by atoms with Crippen LogP contribution < -0.4 is 5.73 Å². The molecule has 24 heavy (non-hydrogen) atoms. The zero-order chi connectivity index (χ0) is 16.9. The minimum Gasteiger partial charge on any atom is -0.330 e. The molecule has 1 aromatic carbocycles. The van der Waals surface area contributed by atoms with Crippen molar-refractivity contribution in [1.29, 1.82) is 0 Å². The van der Waals surface area contributed by atoms with Crippen LogP contribution in [0.4, 0.5) is 0 Å². The first-order chi connectivity index (χ1) is 11.7. The minimum atomic E-state index is 0.468. The maximum atomic E-state index is 6.18. The number of rotatable bonds is 7. The summed E-state index contributed by atoms with van der Waals surface area (Å²) in [5.41, 5.74) is 7.09. The van der Waals surface area contributed by atoms with Crippen LogP contribution in [-0.2, 0) is 0 Å². The van der Waals surface area contributed by atoms with Gasteiger partial charge in [0.15, 0.2) is 0 Å². The molecule has 2 N–H and O–H groups in total. The van der Waals surface area contributed by atoms with Crippen LogP contribution in [0.25, 0.3) is 0 Å². The third-order valence-electron chi connectivity index (χ3n) is 5.22. The molecule has 0 saturated carbocycles. The molecule has 0 aliphatic carbocycles. The summed E-state index contributed by atoms with van der Waals surface area (Å²) in [5.74, 6) is 3.06. The fourth-order valence-corrected chi connectivity index (χ4v) is 4.92. The molecule has 2 heterocycles. The highest BCUT2D eigenvalue weighted by Crippen LogP contribution is 2.30. The van der Waals surface area contributed by atoms with Crippen molar-refractivity contribution in [2.24, 2.45) is 5.73 Å². The SMILES string of the molecule is NCC[C@@H](CCN1CC(N2CCSCC2)C1)c1ccc(Cl)c(Cl)c1. The summed E-state index contributed by atoms with van der Waals surface area (Å²) in [6.45, 7) is 6.83. The number of hydrogen-bond acceptors (Lipinski definition) is 4. The fraction of sp³-hybridized carbons (Fsp3) is 0.667. The van der Waals surface area contributed by atoms with E-state index in [1.165, 1.54) is 43.2 Å². The highest BCUT2D eigenvalue weighted by atomic mass is 35.5. The topological polar surface area (TPSA) is 32.5 Å². The third kappa shape index (κ3) is 4.80. The number of nitrogens with zero attached hydrogens (tertiary/aromatic N) is 2. The molecule has 0 aromatic heterocycles. The molecule has 3 rings (SSSR count). The Labute approximate surface area is 159 Å². The molecule has 2 aliphatic rings. The summed E-state index contributed by atoms with van der Waals surface area (Å²) < 4.78 is 0. The summed E-state index contributed by atoms with van der Waals surface area (Å²) >= 11 is 14.3. The van der Waals surface area contributed by atoms with Gasteiger partial charge in [0, 0.05) is 43.7 Å². The lowest BCUT2D eigenvalue weighted by Gasteiger charge is -2.47. The van der Waals surface area contributed by atoms with Crippen molar-refractivity contribution in [3.63, 3.8) is 0 Å². The van der Waals surface area contributed by atoms with Crippen molar-refractivity contribution in [1.82, 2.24) is 9.80 Å². The van der Waals surface area contributed by atoms with Crippen molar-refractivity contribution in [3.05, 3.63) is 33.8 Å². The van der Waals surface area contributed by atoms with Crippen LogP contribution in [0.3, 0.4) is 0 Å². The average Bonchev–Trinajstić information content (AvgIpc) is 2.56. The van der Waals surface area contributed by atoms with Crippen molar-refractivity contribution in [2.75, 3.05) is 50.8 Å². The maximum Gasteiger partial charge on any atom is 0.0595 e. The normalized spacial score (nSPS) is 21.6. The second-order valence-corrected chi connectivity index (χ2v) is 8.84. The molecule has 6 heteroatoms. The Morgan fingerprint density at radius 2 is 1.88 bits per heavy atom. The highest BCUT2D eigenvalue weighted by molar-refractivity contribution is 7.99. The van der Waals surface area contributed by atoms with Crippen LogP contribution in [0.15, 0.2) is 18.2 Å². The van der Waals surface area contributed by atoms with Crippen LogP contribution >= 0.6 is 35.0 Å². The van der Waals surface area contributed by atoms with Gasteiger partial charge in [-0.3, -0.25) is 4.90 Å². The first-order valence-corrected chi connectivity index (χ1v) is 10.8. The molecular weight excluding hydrogens is 361 g/mol. The zero-order valence-corrected chi connectivity index (χ0v) is 16.4. The Balaban J connectivity index is 1.47. The van der Waals surface area contributed by atoms with Gasteiger partial charge in [-0.2, -0.15) is 11.8 Å². The first-order valence-electron chi connectivity index (χ1n) is 8.86. The Kier molecular flexibility index (Phi) is 7.14. The van der Waals surface area contributed by atoms with Gasteiger partial charge in [0.25, 0.3) is 0 Å². The summed E-state index contributed by atoms with van der Waals surface area (Å²) in [6.07, 6.45) is 2.14. The van der Waals surface area contributed by atoms with Gasteiger partial charge in [0.1, 0.15) is 0 Å². The van der Waals surface area contributed by atoms with E-state index in [1.807, 2.05) is 12.1 Å². The fourth-order valence-electron chi connectivity index (χ4n) is 3.68. The molecule has 0 bridgehead atoms. The first kappa shape index (κ1) is 18.8. The van der Waals surface area contributed by atoms with E-state index in [9.17, 15) is 0 Å². The van der Waals surface area contributed by atoms with E-state index in [1.54, 1.807) is 0 Å². The molecule has 134 valence electrons. The van der Waals surface area contributed by atoms with Gasteiger partial charge in [-0.15, -0.1) is 0 Å². The zero-order valence-electron chi connectivity index (χ0n) is 14.1. The van der Waals surface area contributed by atoms with Crippen LogP contribution in [0.5, 0.6) is 0 Å². The van der Waals surface area contributed by atoms with E-state index >= 15 is 0 Å². The quantitative estimate of drug-likeness (QED) is 0.775. The van der Waals surface area contributed by atoms with Gasteiger partial charge in [0.2, 0.25) is 0 Å². The number of thioether (sulfide) groups is 1. The molecular formula is C18H27Cl2N3S. The highest BCUT2D eigenvalue weighted by Gasteiger charge is 2.32. The van der Waals surface area contributed by atoms with Crippen LogP contribution in [0, 0.1) is 0 Å². The molecule has 0 amide bonds. The molecule has 1 aromatic rings. The van der Waals surface area contributed by atoms with Crippen molar-refractivity contribution in [2.45, 2.75) is 24.8 Å². The molecule has 0 radical (unpaired) electrons. The molecule has 1 atom stereocenters. The van der Waals surface area contributed by atoms with Gasteiger partial charge < -0.3 is 10.6 Å². The van der Waals surface area contributed by atoms with Crippen molar-refractivity contribution in [3.8, 4) is 0 Å². The Hall–Kier alpha value is 0.0300. The monoisotopic (exact) mass is 387 g/mol. The molecule has 2 fully saturated rings. The largest absolute Gasteiger partial charge is 0.330 e. The van der Waals surface area contributed by atoms with Gasteiger partial charge >= 0.3 is 0 Å². The van der Waals surface area contributed by atoms with Crippen molar-refractivity contribution < 1.29 is 0 Å². The average molecular weight is 388 g/mol. The van der Waals surface area contributed by atoms with E-state index in [-0.39, 0.29) is 0 Å². The van der Waals surface area contributed by atoms with E-state index in [2.05, 4.69) is 27.6 Å². The molecule has 3 nitrogen and oxygen atoms in total. The van der Waals surface area contributed by atoms with E-state index in [0.717, 1.165) is 25.4 Å². The number of benzene rings is 1. The maximum absolute atomic E-state index is 6.18. The summed E-state index contributed by atoms with van der Waals surface area (Å²) in [4.78, 5) is 5.25. The van der Waals surface area contributed by atoms with E-state index < -0.39 is 0 Å². The Morgan fingerprint density at radius 3 is 2.54 bits per heavy atom. The second-order valence-electron chi connectivity index (χ2n) is 6.80. The number of likely N-dealkylation sites (tertiary alicyclic amines) is 1. The Morgan fingerprint density at radius 1 is 1.12 bits per heavy atom. The molecule has 2 aliphatic heterocycles. The second kappa shape index (κ2) is 9.11. The Bertz CT molecular complexity index is 531. The number of halogens is 2. The van der Waals surface area contributed by atoms with Crippen LogP contribution in [0.1, 0.15) is 24.3 Å². The molecule has 0 unspecified atom stereocenters. The molecule has 2 saturated heterocycles. The van der Waals surface area contributed by atoms with E-state index in [4.69, 9.17) is 28.9 Å². The number of nitrogens with two attached hydrogens (primary N) is 1. The van der Waals surface area contributed by atoms with E-state index in [0.29, 0.717) is 22.5 Å². The lowest BCUT2D eigenvalue weighted by Crippen LogP contribution is -2.60. The van der Waals surface area contributed by atoms with Gasteiger partial charge in [-0.25, -0.2) is 0 Å². The van der Waals surface area contributed by atoms with Gasteiger partial charge in [-0.1, -0.05) is 29.3 Å². The van der Waals surface area contributed by atoms with Crippen LogP contribution in [0.2, 0.25) is 10.0 Å². The van der Waals surface area contributed by atoms with Gasteiger partial charge in [-0.05, 0) is 49.5 Å². The summed E-state index contributed by atoms with van der Waals surface area (Å²) in [5, 5.41) is 1.26. The third-order valence-corrected chi connectivity index (χ3v) is 6.91. The van der Waals surface area contributed by atoms with Gasteiger partial charge in [0.05, 0.1) is 10.0 Å².